The quantitative estimate of drug-likeness (QED) is 0.0320. The van der Waals surface area contributed by atoms with E-state index in [2.05, 4.69) is 55.6 Å². The Bertz CT molecular complexity index is 1280. The van der Waals surface area contributed by atoms with Crippen LogP contribution >= 0.6 is 0 Å². The monoisotopic (exact) mass is 1110 g/mol. The second kappa shape index (κ2) is 68.6. The summed E-state index contributed by atoms with van der Waals surface area (Å²) in [6.45, 7) is 4.96. The molecule has 1 amide bonds. The highest BCUT2D eigenvalue weighted by Crippen LogP contribution is 2.19. The minimum absolute atomic E-state index is 0.00775. The molecule has 0 aromatic heterocycles. The number of aliphatic hydroxyl groups excluding tert-OH is 2. The summed E-state index contributed by atoms with van der Waals surface area (Å²) < 4.78 is 5.48. The summed E-state index contributed by atoms with van der Waals surface area (Å²) in [5.74, 6) is -0.0227. The van der Waals surface area contributed by atoms with Crippen molar-refractivity contribution in [3.05, 3.63) is 36.5 Å². The van der Waals surface area contributed by atoms with Crippen molar-refractivity contribution < 1.29 is 24.5 Å². The molecule has 0 aromatic carbocycles. The van der Waals surface area contributed by atoms with Crippen LogP contribution in [0.1, 0.15) is 393 Å². The van der Waals surface area contributed by atoms with Gasteiger partial charge < -0.3 is 20.3 Å². The molecule has 3 N–H and O–H groups in total. The maximum atomic E-state index is 12.5. The zero-order valence-electron chi connectivity index (χ0n) is 53.4. The van der Waals surface area contributed by atoms with Crippen molar-refractivity contribution in [2.75, 3.05) is 13.2 Å². The number of allylic oxidation sites excluding steroid dienone is 6. The van der Waals surface area contributed by atoms with E-state index in [4.69, 9.17) is 4.74 Å². The Morgan fingerprint density at radius 1 is 0.354 bits per heavy atom. The first-order chi connectivity index (χ1) is 39.0. The van der Waals surface area contributed by atoms with Crippen molar-refractivity contribution in [1.82, 2.24) is 5.32 Å². The lowest BCUT2D eigenvalue weighted by molar-refractivity contribution is -0.143. The number of amides is 1. The highest BCUT2D eigenvalue weighted by Gasteiger charge is 2.20. The molecule has 0 aromatic rings. The molecule has 2 atom stereocenters. The molecule has 466 valence electrons. The first kappa shape index (κ1) is 77.1. The number of rotatable bonds is 67. The smallest absolute Gasteiger partial charge is 0.305 e. The maximum absolute atomic E-state index is 12.5. The van der Waals surface area contributed by atoms with Crippen LogP contribution in [0.25, 0.3) is 0 Å². The van der Waals surface area contributed by atoms with E-state index in [9.17, 15) is 19.8 Å². The highest BCUT2D eigenvalue weighted by atomic mass is 16.5. The maximum Gasteiger partial charge on any atom is 0.305 e. The highest BCUT2D eigenvalue weighted by molar-refractivity contribution is 5.76. The summed E-state index contributed by atoms with van der Waals surface area (Å²) in [6.07, 6.45) is 87.8. The van der Waals surface area contributed by atoms with Crippen LogP contribution in [0.2, 0.25) is 0 Å². The van der Waals surface area contributed by atoms with Gasteiger partial charge in [-0.1, -0.05) is 333 Å². The fourth-order valence-electron chi connectivity index (χ4n) is 11.2. The van der Waals surface area contributed by atoms with E-state index >= 15 is 0 Å². The number of carbonyl (C=O) groups is 2. The third kappa shape index (κ3) is 65.1. The minimum Gasteiger partial charge on any atom is -0.466 e. The molecule has 0 saturated heterocycles. The number of nitrogens with one attached hydrogen (secondary N) is 1. The Labute approximate surface area is 494 Å². The largest absolute Gasteiger partial charge is 0.466 e. The molecule has 0 bridgehead atoms. The number of unbranched alkanes of at least 4 members (excludes halogenated alkanes) is 50. The molecule has 0 spiro atoms. The first-order valence-corrected chi connectivity index (χ1v) is 35.7. The van der Waals surface area contributed by atoms with Gasteiger partial charge in [0, 0.05) is 12.8 Å². The van der Waals surface area contributed by atoms with Crippen LogP contribution in [0.15, 0.2) is 36.5 Å². The van der Waals surface area contributed by atoms with Gasteiger partial charge >= 0.3 is 5.97 Å². The Morgan fingerprint density at radius 3 is 0.987 bits per heavy atom. The molecule has 0 saturated carbocycles. The van der Waals surface area contributed by atoms with Crippen LogP contribution in [-0.4, -0.2) is 47.4 Å². The van der Waals surface area contributed by atoms with Gasteiger partial charge in [0.05, 0.1) is 25.4 Å². The van der Waals surface area contributed by atoms with Gasteiger partial charge in [0.15, 0.2) is 0 Å². The van der Waals surface area contributed by atoms with Crippen molar-refractivity contribution in [3.63, 3.8) is 0 Å². The summed E-state index contributed by atoms with van der Waals surface area (Å²) in [6, 6.07) is -0.539. The van der Waals surface area contributed by atoms with Crippen LogP contribution in [0.3, 0.4) is 0 Å². The fourth-order valence-corrected chi connectivity index (χ4v) is 11.2. The molecule has 6 heteroatoms. The van der Waals surface area contributed by atoms with Gasteiger partial charge in [-0.3, -0.25) is 9.59 Å². The summed E-state index contributed by atoms with van der Waals surface area (Å²) in [5.41, 5.74) is 0. The van der Waals surface area contributed by atoms with E-state index in [1.165, 1.54) is 308 Å². The van der Waals surface area contributed by atoms with Crippen LogP contribution < -0.4 is 5.32 Å². The van der Waals surface area contributed by atoms with Crippen molar-refractivity contribution >= 4 is 11.9 Å². The minimum atomic E-state index is -0.662. The molecular formula is C73H139NO5. The molecular weight excluding hydrogens is 971 g/mol. The van der Waals surface area contributed by atoms with Crippen LogP contribution in [-0.2, 0) is 14.3 Å². The lowest BCUT2D eigenvalue weighted by Gasteiger charge is -2.22. The summed E-state index contributed by atoms with van der Waals surface area (Å²) in [7, 11) is 0. The van der Waals surface area contributed by atoms with Gasteiger partial charge in [-0.25, -0.2) is 0 Å². The predicted molar refractivity (Wildman–Crippen MR) is 347 cm³/mol. The lowest BCUT2D eigenvalue weighted by atomic mass is 10.0. The Kier molecular flexibility index (Phi) is 66.9. The fraction of sp³-hybridized carbons (Fsp3) is 0.890. The summed E-state index contributed by atoms with van der Waals surface area (Å²) >= 11 is 0. The van der Waals surface area contributed by atoms with Crippen LogP contribution in [0, 0.1) is 0 Å². The van der Waals surface area contributed by atoms with Crippen molar-refractivity contribution in [2.45, 2.75) is 405 Å². The zero-order valence-corrected chi connectivity index (χ0v) is 53.4. The SMILES string of the molecule is CCCCCC/C=C\CCCCCCCC(=O)OCCCCCCCCCCCCC/C=C\C/C=C\CCCCCCCCCCCCCCCCCCCC(=O)NC(CO)C(O)CCCCCCCCCCCCCCCC. The third-order valence-corrected chi connectivity index (χ3v) is 16.7. The molecule has 0 aliphatic carbocycles. The van der Waals surface area contributed by atoms with Gasteiger partial charge in [0.25, 0.3) is 0 Å². The Hall–Kier alpha value is -1.92. The Balaban J connectivity index is 3.36. The molecule has 0 aliphatic heterocycles. The number of hydrogen-bond donors (Lipinski definition) is 3. The summed E-state index contributed by atoms with van der Waals surface area (Å²) in [5, 5.41) is 23.3. The topological polar surface area (TPSA) is 95.9 Å². The van der Waals surface area contributed by atoms with Crippen LogP contribution in [0.4, 0.5) is 0 Å². The second-order valence-corrected chi connectivity index (χ2v) is 24.6. The van der Waals surface area contributed by atoms with E-state index in [1.807, 2.05) is 0 Å². The number of hydrogen-bond acceptors (Lipinski definition) is 5. The van der Waals surface area contributed by atoms with Gasteiger partial charge in [-0.15, -0.1) is 0 Å². The van der Waals surface area contributed by atoms with E-state index in [-0.39, 0.29) is 18.5 Å². The first-order valence-electron chi connectivity index (χ1n) is 35.7. The molecule has 0 heterocycles. The van der Waals surface area contributed by atoms with E-state index in [0.29, 0.717) is 25.9 Å². The van der Waals surface area contributed by atoms with Gasteiger partial charge in [0.1, 0.15) is 0 Å². The zero-order chi connectivity index (χ0) is 57.1. The molecule has 6 nitrogen and oxygen atoms in total. The van der Waals surface area contributed by atoms with Gasteiger partial charge in [-0.2, -0.15) is 0 Å². The predicted octanol–water partition coefficient (Wildman–Crippen LogP) is 23.1. The number of esters is 1. The third-order valence-electron chi connectivity index (χ3n) is 16.7. The number of carbonyl (C=O) groups excluding carboxylic acids is 2. The summed E-state index contributed by atoms with van der Waals surface area (Å²) in [4.78, 5) is 24.5. The van der Waals surface area contributed by atoms with E-state index < -0.39 is 12.1 Å². The van der Waals surface area contributed by atoms with Crippen molar-refractivity contribution in [3.8, 4) is 0 Å². The van der Waals surface area contributed by atoms with Crippen molar-refractivity contribution in [2.24, 2.45) is 0 Å². The number of aliphatic hydroxyl groups is 2. The average Bonchev–Trinajstić information content (AvgIpc) is 3.45. The second-order valence-electron chi connectivity index (χ2n) is 24.6. The molecule has 0 rings (SSSR count). The standard InChI is InChI=1S/C73H139NO5/c1-3-5-7-9-11-13-15-17-42-45-49-53-57-61-65-71(76)70(69-75)74-72(77)66-62-58-54-50-46-43-39-37-35-33-31-29-27-25-23-21-19-18-20-22-24-26-28-30-32-34-36-38-40-44-48-52-56-60-64-68-79-73(78)67-63-59-55-51-47-41-16-14-12-10-8-6-4-2/h14,16,20,22,26,28,70-71,75-76H,3-13,15,17-19,21,23-25,27,29-69H2,1-2H3,(H,74,77)/b16-14-,22-20-,28-26-. The lowest BCUT2D eigenvalue weighted by Crippen LogP contribution is -2.45. The van der Waals surface area contributed by atoms with Crippen LogP contribution in [0.5, 0.6) is 0 Å². The average molecular weight is 1110 g/mol. The van der Waals surface area contributed by atoms with Crippen molar-refractivity contribution in [1.29, 1.82) is 0 Å². The van der Waals surface area contributed by atoms with Gasteiger partial charge in [0.2, 0.25) is 5.91 Å². The number of ether oxygens (including phenoxy) is 1. The molecule has 0 fully saturated rings. The molecule has 2 unspecified atom stereocenters. The molecule has 0 aliphatic rings. The van der Waals surface area contributed by atoms with E-state index in [1.54, 1.807) is 0 Å². The molecule has 0 radical (unpaired) electrons. The Morgan fingerprint density at radius 2 is 0.633 bits per heavy atom. The molecule has 79 heavy (non-hydrogen) atoms. The normalized spacial score (nSPS) is 12.7. The van der Waals surface area contributed by atoms with Gasteiger partial charge in [-0.05, 0) is 83.5 Å². The van der Waals surface area contributed by atoms with E-state index in [0.717, 1.165) is 51.4 Å².